The second kappa shape index (κ2) is 5.59. The molecule has 0 N–H and O–H groups in total. The summed E-state index contributed by atoms with van der Waals surface area (Å²) in [6.07, 6.45) is 1.60. The van der Waals surface area contributed by atoms with Gasteiger partial charge >= 0.3 is 7.12 Å². The SMILES string of the molecule is CC.Cc1ncc(B2OC(C)(C)C(C)(C)O2)cc1F. The molecule has 106 valence electrons. The van der Waals surface area contributed by atoms with Crippen molar-refractivity contribution < 1.29 is 13.7 Å². The van der Waals surface area contributed by atoms with E-state index in [4.69, 9.17) is 9.31 Å². The van der Waals surface area contributed by atoms with Gasteiger partial charge in [-0.25, -0.2) is 4.39 Å². The molecule has 1 aliphatic heterocycles. The lowest BCUT2D eigenvalue weighted by Crippen LogP contribution is -2.41. The van der Waals surface area contributed by atoms with Crippen LogP contribution >= 0.6 is 0 Å². The van der Waals surface area contributed by atoms with Gasteiger partial charge in [0.2, 0.25) is 0 Å². The summed E-state index contributed by atoms with van der Waals surface area (Å²) < 4.78 is 25.1. The summed E-state index contributed by atoms with van der Waals surface area (Å²) in [5.74, 6) is -0.336. The standard InChI is InChI=1S/C12H17BFNO2.C2H6/c1-8-10(14)6-9(7-15-8)13-16-11(2,3)12(4,5)17-13;1-2/h6-7H,1-5H3;1-2H3. The second-order valence-electron chi connectivity index (χ2n) is 5.42. The highest BCUT2D eigenvalue weighted by molar-refractivity contribution is 6.62. The number of rotatable bonds is 1. The lowest BCUT2D eigenvalue weighted by Gasteiger charge is -2.32. The molecule has 19 heavy (non-hydrogen) atoms. The van der Waals surface area contributed by atoms with E-state index in [0.717, 1.165) is 0 Å². The number of aromatic nitrogens is 1. The predicted octanol–water partition coefficient (Wildman–Crippen LogP) is 2.85. The van der Waals surface area contributed by atoms with Crippen molar-refractivity contribution in [2.24, 2.45) is 0 Å². The zero-order valence-corrected chi connectivity index (χ0v) is 12.9. The Kier molecular flexibility index (Phi) is 4.74. The van der Waals surface area contributed by atoms with E-state index in [2.05, 4.69) is 4.98 Å². The maximum atomic E-state index is 13.4. The summed E-state index contributed by atoms with van der Waals surface area (Å²) >= 11 is 0. The molecular weight excluding hydrogens is 244 g/mol. The van der Waals surface area contributed by atoms with Crippen molar-refractivity contribution in [2.75, 3.05) is 0 Å². The third kappa shape index (κ3) is 3.15. The molecule has 0 saturated carbocycles. The number of pyridine rings is 1. The van der Waals surface area contributed by atoms with E-state index in [1.807, 2.05) is 41.5 Å². The van der Waals surface area contributed by atoms with Gasteiger partial charge in [0.15, 0.2) is 0 Å². The normalized spacial score (nSPS) is 19.9. The minimum absolute atomic E-state index is 0.336. The summed E-state index contributed by atoms with van der Waals surface area (Å²) in [6, 6.07) is 1.42. The van der Waals surface area contributed by atoms with Crippen LogP contribution < -0.4 is 5.46 Å². The van der Waals surface area contributed by atoms with Crippen molar-refractivity contribution >= 4 is 12.6 Å². The van der Waals surface area contributed by atoms with E-state index >= 15 is 0 Å². The monoisotopic (exact) mass is 267 g/mol. The van der Waals surface area contributed by atoms with Gasteiger partial charge in [-0.2, -0.15) is 0 Å². The van der Waals surface area contributed by atoms with E-state index in [1.165, 1.54) is 6.07 Å². The number of aryl methyl sites for hydroxylation is 1. The summed E-state index contributed by atoms with van der Waals surface area (Å²) in [6.45, 7) is 13.5. The van der Waals surface area contributed by atoms with Crippen LogP contribution in [-0.4, -0.2) is 23.3 Å². The average Bonchev–Trinajstić information content (AvgIpc) is 2.55. The van der Waals surface area contributed by atoms with Crippen LogP contribution in [0, 0.1) is 12.7 Å². The third-order valence-electron chi connectivity index (χ3n) is 3.57. The summed E-state index contributed by atoms with van der Waals surface area (Å²) in [5, 5.41) is 0. The Bertz CT molecular complexity index is 433. The highest BCUT2D eigenvalue weighted by atomic mass is 19.1. The highest BCUT2D eigenvalue weighted by Gasteiger charge is 2.51. The minimum atomic E-state index is -0.553. The van der Waals surface area contributed by atoms with Crippen LogP contribution in [-0.2, 0) is 9.31 Å². The molecular formula is C14H23BFNO2. The Balaban J connectivity index is 0.000000861. The van der Waals surface area contributed by atoms with E-state index in [9.17, 15) is 4.39 Å². The van der Waals surface area contributed by atoms with Gasteiger partial charge < -0.3 is 9.31 Å². The molecule has 5 heteroatoms. The topological polar surface area (TPSA) is 31.4 Å². The number of hydrogen-bond acceptors (Lipinski definition) is 3. The van der Waals surface area contributed by atoms with Gasteiger partial charge in [-0.3, -0.25) is 4.98 Å². The number of nitrogens with zero attached hydrogens (tertiary/aromatic N) is 1. The van der Waals surface area contributed by atoms with Crippen molar-refractivity contribution in [3.63, 3.8) is 0 Å². The Morgan fingerprint density at radius 1 is 1.11 bits per heavy atom. The quantitative estimate of drug-likeness (QED) is 0.733. The van der Waals surface area contributed by atoms with Crippen LogP contribution in [0.5, 0.6) is 0 Å². The van der Waals surface area contributed by atoms with Crippen LogP contribution in [0.2, 0.25) is 0 Å². The Labute approximate surface area is 115 Å². The molecule has 0 radical (unpaired) electrons. The third-order valence-corrected chi connectivity index (χ3v) is 3.57. The van der Waals surface area contributed by atoms with Crippen LogP contribution in [0.1, 0.15) is 47.2 Å². The summed E-state index contributed by atoms with van der Waals surface area (Å²) in [7, 11) is -0.553. The van der Waals surface area contributed by atoms with Crippen molar-refractivity contribution in [2.45, 2.75) is 59.7 Å². The minimum Gasteiger partial charge on any atom is -0.399 e. The van der Waals surface area contributed by atoms with Crippen LogP contribution in [0.15, 0.2) is 12.3 Å². The highest BCUT2D eigenvalue weighted by Crippen LogP contribution is 2.36. The van der Waals surface area contributed by atoms with Gasteiger partial charge in [-0.1, -0.05) is 13.8 Å². The average molecular weight is 267 g/mol. The first kappa shape index (κ1) is 16.1. The number of halogens is 1. The molecule has 0 spiro atoms. The summed E-state index contributed by atoms with van der Waals surface area (Å²) in [4.78, 5) is 3.98. The van der Waals surface area contributed by atoms with E-state index in [0.29, 0.717) is 11.2 Å². The molecule has 1 aromatic rings. The van der Waals surface area contributed by atoms with Crippen molar-refractivity contribution in [3.05, 3.63) is 23.8 Å². The Morgan fingerprint density at radius 3 is 2.00 bits per heavy atom. The van der Waals surface area contributed by atoms with Crippen molar-refractivity contribution in [1.82, 2.24) is 4.98 Å². The fourth-order valence-corrected chi connectivity index (χ4v) is 1.63. The molecule has 1 aromatic heterocycles. The molecule has 2 heterocycles. The zero-order valence-electron chi connectivity index (χ0n) is 12.9. The van der Waals surface area contributed by atoms with Gasteiger partial charge in [-0.05, 0) is 40.7 Å². The van der Waals surface area contributed by atoms with Gasteiger partial charge in [0.25, 0.3) is 0 Å². The molecule has 0 atom stereocenters. The first-order valence-electron chi connectivity index (χ1n) is 6.71. The maximum Gasteiger partial charge on any atom is 0.496 e. The van der Waals surface area contributed by atoms with Gasteiger partial charge in [0.05, 0.1) is 16.9 Å². The number of hydrogen-bond donors (Lipinski definition) is 0. The fraction of sp³-hybridized carbons (Fsp3) is 0.643. The van der Waals surface area contributed by atoms with E-state index in [1.54, 1.807) is 13.1 Å². The molecule has 0 unspecified atom stereocenters. The Morgan fingerprint density at radius 2 is 1.58 bits per heavy atom. The molecule has 0 amide bonds. The van der Waals surface area contributed by atoms with Gasteiger partial charge in [0, 0.05) is 11.7 Å². The van der Waals surface area contributed by atoms with Crippen LogP contribution in [0.3, 0.4) is 0 Å². The molecule has 0 aliphatic carbocycles. The van der Waals surface area contributed by atoms with Gasteiger partial charge in [0.1, 0.15) is 5.82 Å². The van der Waals surface area contributed by atoms with Crippen LogP contribution in [0.25, 0.3) is 0 Å². The lowest BCUT2D eigenvalue weighted by atomic mass is 9.80. The first-order chi connectivity index (χ1) is 8.73. The molecule has 1 fully saturated rings. The van der Waals surface area contributed by atoms with E-state index in [-0.39, 0.29) is 5.82 Å². The van der Waals surface area contributed by atoms with E-state index < -0.39 is 18.3 Å². The van der Waals surface area contributed by atoms with Gasteiger partial charge in [-0.15, -0.1) is 0 Å². The van der Waals surface area contributed by atoms with Crippen molar-refractivity contribution in [3.8, 4) is 0 Å². The maximum absolute atomic E-state index is 13.4. The molecule has 2 rings (SSSR count). The fourth-order valence-electron chi connectivity index (χ4n) is 1.63. The smallest absolute Gasteiger partial charge is 0.399 e. The molecule has 1 saturated heterocycles. The largest absolute Gasteiger partial charge is 0.496 e. The van der Waals surface area contributed by atoms with Crippen LogP contribution in [0.4, 0.5) is 4.39 Å². The molecule has 0 bridgehead atoms. The summed E-state index contributed by atoms with van der Waals surface area (Å²) in [5.41, 5.74) is 0.162. The predicted molar refractivity (Wildman–Crippen MR) is 76.0 cm³/mol. The molecule has 0 aromatic carbocycles. The lowest BCUT2D eigenvalue weighted by molar-refractivity contribution is 0.00578. The first-order valence-corrected chi connectivity index (χ1v) is 6.71. The van der Waals surface area contributed by atoms with Crippen molar-refractivity contribution in [1.29, 1.82) is 0 Å². The second-order valence-corrected chi connectivity index (χ2v) is 5.42. The molecule has 1 aliphatic rings. The Hall–Kier alpha value is -0.935. The molecule has 3 nitrogen and oxygen atoms in total. The zero-order chi connectivity index (χ0) is 14.8.